The van der Waals surface area contributed by atoms with E-state index < -0.39 is 10.0 Å². The molecule has 2 heterocycles. The van der Waals surface area contributed by atoms with E-state index in [1.807, 2.05) is 26.0 Å². The smallest absolute Gasteiger partial charge is 0.299 e. The molecule has 1 N–H and O–H groups in total. The highest BCUT2D eigenvalue weighted by molar-refractivity contribution is 7.89. The zero-order valence-electron chi connectivity index (χ0n) is 18.0. The fourth-order valence-electron chi connectivity index (χ4n) is 4.15. The number of benzene rings is 2. The topological polar surface area (TPSA) is 71.4 Å². The van der Waals surface area contributed by atoms with Gasteiger partial charge in [-0.1, -0.05) is 42.0 Å². The molecule has 2 aromatic carbocycles. The first kappa shape index (κ1) is 22.2. The van der Waals surface area contributed by atoms with Crippen molar-refractivity contribution in [3.05, 3.63) is 63.3 Å². The third-order valence-corrected chi connectivity index (χ3v) is 8.04. The number of hydrogen-bond acceptors (Lipinski definition) is 5. The molecule has 8 heteroatoms. The van der Waals surface area contributed by atoms with Gasteiger partial charge in [-0.15, -0.1) is 0 Å². The lowest BCUT2D eigenvalue weighted by molar-refractivity contribution is 0.221. The average Bonchev–Trinajstić information content (AvgIpc) is 3.08. The lowest BCUT2D eigenvalue weighted by Gasteiger charge is -2.26. The molecule has 0 saturated carbocycles. The van der Waals surface area contributed by atoms with Crippen LogP contribution < -0.4 is 9.60 Å². The van der Waals surface area contributed by atoms with E-state index in [4.69, 9.17) is 0 Å². The Morgan fingerprint density at radius 2 is 1.77 bits per heavy atom. The normalized spacial score (nSPS) is 15.7. The molecule has 1 aliphatic heterocycles. The Labute approximate surface area is 187 Å². The van der Waals surface area contributed by atoms with Crippen molar-refractivity contribution in [2.24, 2.45) is 0 Å². The molecular weight excluding hydrogens is 430 g/mol. The molecule has 1 fully saturated rings. The van der Waals surface area contributed by atoms with Crippen LogP contribution in [0.2, 0.25) is 0 Å². The van der Waals surface area contributed by atoms with Crippen molar-refractivity contribution in [3.8, 4) is 0 Å². The zero-order valence-corrected chi connectivity index (χ0v) is 19.6. The Morgan fingerprint density at radius 1 is 1.03 bits per heavy atom. The van der Waals surface area contributed by atoms with Gasteiger partial charge in [0.05, 0.1) is 15.1 Å². The Balaban J connectivity index is 1.48. The number of nitrogens with zero attached hydrogens (tertiary/aromatic N) is 2. The van der Waals surface area contributed by atoms with Crippen molar-refractivity contribution in [3.63, 3.8) is 0 Å². The Bertz CT molecular complexity index is 1220. The summed E-state index contributed by atoms with van der Waals surface area (Å²) in [6, 6.07) is 13.0. The summed E-state index contributed by atoms with van der Waals surface area (Å²) in [4.78, 5) is 14.8. The molecule has 3 aromatic rings. The third kappa shape index (κ3) is 5.09. The number of nitrogens with one attached hydrogen (secondary N) is 1. The first-order chi connectivity index (χ1) is 14.8. The zero-order chi connectivity index (χ0) is 22.0. The van der Waals surface area contributed by atoms with Crippen LogP contribution >= 0.6 is 11.3 Å². The van der Waals surface area contributed by atoms with Crippen molar-refractivity contribution in [1.82, 2.24) is 14.2 Å². The van der Waals surface area contributed by atoms with Crippen LogP contribution in [-0.2, 0) is 23.1 Å². The summed E-state index contributed by atoms with van der Waals surface area (Å²) in [6.07, 6.45) is 3.81. The van der Waals surface area contributed by atoms with Crippen LogP contribution in [0.3, 0.4) is 0 Å². The monoisotopic (exact) mass is 459 g/mol. The van der Waals surface area contributed by atoms with Crippen molar-refractivity contribution < 1.29 is 8.42 Å². The van der Waals surface area contributed by atoms with Crippen LogP contribution in [0, 0.1) is 0 Å². The fraction of sp³-hybridized carbons (Fsp3) is 0.435. The minimum absolute atomic E-state index is 0.0269. The number of rotatable bonds is 7. The fourth-order valence-corrected chi connectivity index (χ4v) is 6.32. The van der Waals surface area contributed by atoms with Gasteiger partial charge in [-0.2, -0.15) is 0 Å². The van der Waals surface area contributed by atoms with Crippen LogP contribution in [-0.4, -0.2) is 31.0 Å². The van der Waals surface area contributed by atoms with Crippen molar-refractivity contribution >= 4 is 31.6 Å². The molecule has 0 amide bonds. The number of hydrogen-bond donors (Lipinski definition) is 1. The number of aromatic nitrogens is 1. The molecule has 1 aromatic heterocycles. The summed E-state index contributed by atoms with van der Waals surface area (Å²) in [5.74, 6) is 0. The molecule has 0 spiro atoms. The Morgan fingerprint density at radius 3 is 2.52 bits per heavy atom. The largest absolute Gasteiger partial charge is 0.308 e. The van der Waals surface area contributed by atoms with Gasteiger partial charge in [0, 0.05) is 19.1 Å². The van der Waals surface area contributed by atoms with Gasteiger partial charge in [-0.05, 0) is 69.1 Å². The van der Waals surface area contributed by atoms with E-state index in [-0.39, 0.29) is 22.4 Å². The van der Waals surface area contributed by atoms with Gasteiger partial charge in [0.1, 0.15) is 0 Å². The van der Waals surface area contributed by atoms with E-state index in [9.17, 15) is 13.2 Å². The first-order valence-electron chi connectivity index (χ1n) is 10.8. The van der Waals surface area contributed by atoms with Crippen LogP contribution in [0.5, 0.6) is 0 Å². The predicted molar refractivity (Wildman–Crippen MR) is 126 cm³/mol. The maximum atomic E-state index is 12.9. The summed E-state index contributed by atoms with van der Waals surface area (Å²) in [7, 11) is -3.68. The molecule has 0 aliphatic carbocycles. The van der Waals surface area contributed by atoms with Gasteiger partial charge in [0.2, 0.25) is 10.0 Å². The second kappa shape index (κ2) is 9.24. The molecule has 4 rings (SSSR count). The maximum absolute atomic E-state index is 12.9. The molecule has 6 nitrogen and oxygen atoms in total. The van der Waals surface area contributed by atoms with Crippen molar-refractivity contribution in [1.29, 1.82) is 0 Å². The predicted octanol–water partition coefficient (Wildman–Crippen LogP) is 4.11. The van der Waals surface area contributed by atoms with Crippen LogP contribution in [0.25, 0.3) is 10.2 Å². The molecule has 166 valence electrons. The van der Waals surface area contributed by atoms with E-state index in [0.29, 0.717) is 4.70 Å². The SMILES string of the molecule is CC(C)n1c(=O)sc2cc(S(=O)(=O)NCc3cccc(CN4CCCCC4)c3)ccc21. The number of sulfonamides is 1. The van der Waals surface area contributed by atoms with Gasteiger partial charge < -0.3 is 0 Å². The highest BCUT2D eigenvalue weighted by Gasteiger charge is 2.18. The summed E-state index contributed by atoms with van der Waals surface area (Å²) in [6.45, 7) is 7.28. The lowest BCUT2D eigenvalue weighted by atomic mass is 10.1. The molecule has 31 heavy (non-hydrogen) atoms. The van der Waals surface area contributed by atoms with Crippen molar-refractivity contribution in [2.75, 3.05) is 13.1 Å². The van der Waals surface area contributed by atoms with E-state index in [0.717, 1.165) is 42.1 Å². The van der Waals surface area contributed by atoms with E-state index in [1.165, 1.54) is 24.8 Å². The summed E-state index contributed by atoms with van der Waals surface area (Å²) in [5, 5.41) is 0. The van der Waals surface area contributed by atoms with Crippen molar-refractivity contribution in [2.45, 2.75) is 57.1 Å². The third-order valence-electron chi connectivity index (χ3n) is 5.72. The maximum Gasteiger partial charge on any atom is 0.308 e. The van der Waals surface area contributed by atoms with Gasteiger partial charge >= 0.3 is 4.87 Å². The second-order valence-electron chi connectivity index (χ2n) is 8.44. The molecular formula is C23H29N3O3S2. The van der Waals surface area contributed by atoms with E-state index in [1.54, 1.807) is 22.8 Å². The lowest BCUT2D eigenvalue weighted by Crippen LogP contribution is -2.29. The minimum atomic E-state index is -3.68. The van der Waals surface area contributed by atoms with Crippen LogP contribution in [0.1, 0.15) is 50.3 Å². The summed E-state index contributed by atoms with van der Waals surface area (Å²) >= 11 is 1.08. The molecule has 0 unspecified atom stereocenters. The number of fused-ring (bicyclic) bond motifs is 1. The minimum Gasteiger partial charge on any atom is -0.299 e. The van der Waals surface area contributed by atoms with E-state index in [2.05, 4.69) is 21.8 Å². The molecule has 1 aliphatic rings. The summed E-state index contributed by atoms with van der Waals surface area (Å²) in [5.41, 5.74) is 2.92. The number of likely N-dealkylation sites (tertiary alicyclic amines) is 1. The van der Waals surface area contributed by atoms with Crippen LogP contribution in [0.4, 0.5) is 0 Å². The number of thiazole rings is 1. The quantitative estimate of drug-likeness (QED) is 0.577. The highest BCUT2D eigenvalue weighted by Crippen LogP contribution is 2.24. The molecule has 0 bridgehead atoms. The average molecular weight is 460 g/mol. The molecule has 1 saturated heterocycles. The number of piperidine rings is 1. The van der Waals surface area contributed by atoms with Crippen LogP contribution in [0.15, 0.2) is 52.2 Å². The first-order valence-corrected chi connectivity index (χ1v) is 13.1. The molecule has 0 atom stereocenters. The standard InChI is InChI=1S/C23H29N3O3S2/c1-17(2)26-21-10-9-20(14-22(21)30-23(26)27)31(28,29)24-15-18-7-6-8-19(13-18)16-25-11-4-3-5-12-25/h6-10,13-14,17,24H,3-5,11-12,15-16H2,1-2H3. The summed E-state index contributed by atoms with van der Waals surface area (Å²) < 4.78 is 30.8. The Hall–Kier alpha value is -2.00. The van der Waals surface area contributed by atoms with E-state index >= 15 is 0 Å². The van der Waals surface area contributed by atoms with Gasteiger partial charge in [0.15, 0.2) is 0 Å². The Kier molecular flexibility index (Phi) is 6.62. The second-order valence-corrected chi connectivity index (χ2v) is 11.2. The molecule has 0 radical (unpaired) electrons. The van der Waals surface area contributed by atoms with Gasteiger partial charge in [0.25, 0.3) is 0 Å². The van der Waals surface area contributed by atoms with Gasteiger partial charge in [-0.25, -0.2) is 13.1 Å². The highest BCUT2D eigenvalue weighted by atomic mass is 32.2. The van der Waals surface area contributed by atoms with Gasteiger partial charge in [-0.3, -0.25) is 14.3 Å².